The van der Waals surface area contributed by atoms with Gasteiger partial charge in [0.15, 0.2) is 28.8 Å². The Labute approximate surface area is 235 Å². The number of para-hydroxylation sites is 3. The van der Waals surface area contributed by atoms with E-state index in [1.165, 1.54) is 0 Å². The Morgan fingerprint density at radius 3 is 2.15 bits per heavy atom. The van der Waals surface area contributed by atoms with E-state index in [9.17, 15) is 4.79 Å². The molecule has 0 fully saturated rings. The highest BCUT2D eigenvalue weighted by Gasteiger charge is 2.38. The summed E-state index contributed by atoms with van der Waals surface area (Å²) in [5.41, 5.74) is 5.21. The van der Waals surface area contributed by atoms with E-state index < -0.39 is 6.04 Å². The molecular formula is C32H36N2O6. The Hall–Kier alpha value is -4.33. The molecule has 1 aliphatic carbocycles. The molecule has 8 nitrogen and oxygen atoms in total. The number of rotatable bonds is 9. The van der Waals surface area contributed by atoms with Crippen LogP contribution in [0.2, 0.25) is 0 Å². The maximum absolute atomic E-state index is 14.1. The quantitative estimate of drug-likeness (QED) is 0.316. The lowest BCUT2D eigenvalue weighted by molar-refractivity contribution is -0.116. The van der Waals surface area contributed by atoms with Gasteiger partial charge < -0.3 is 34.3 Å². The van der Waals surface area contributed by atoms with Crippen LogP contribution in [0.5, 0.6) is 28.7 Å². The van der Waals surface area contributed by atoms with Gasteiger partial charge in [0.05, 0.1) is 52.5 Å². The van der Waals surface area contributed by atoms with Gasteiger partial charge in [-0.3, -0.25) is 4.79 Å². The monoisotopic (exact) mass is 544 g/mol. The van der Waals surface area contributed by atoms with Crippen molar-refractivity contribution in [2.45, 2.75) is 38.1 Å². The summed E-state index contributed by atoms with van der Waals surface area (Å²) in [6.45, 7) is 2.60. The summed E-state index contributed by atoms with van der Waals surface area (Å²) in [6.07, 6.45) is 1.81. The van der Waals surface area contributed by atoms with Crippen molar-refractivity contribution in [1.29, 1.82) is 0 Å². The lowest BCUT2D eigenvalue weighted by atomic mass is 9.78. The molecule has 0 bridgehead atoms. The first-order valence-corrected chi connectivity index (χ1v) is 13.5. The number of carbonyl (C=O) groups excluding carboxylic acids is 1. The lowest BCUT2D eigenvalue weighted by Crippen LogP contribution is -2.27. The smallest absolute Gasteiger partial charge is 0.203 e. The fourth-order valence-electron chi connectivity index (χ4n) is 5.58. The molecule has 1 aliphatic heterocycles. The van der Waals surface area contributed by atoms with Crippen LogP contribution in [-0.2, 0) is 4.79 Å². The number of ether oxygens (including phenoxy) is 5. The standard InChI is InChI=1S/C32H36N2O6/c1-6-14-40-31-21(10-9-13-26(31)36-2)30-29-24(33-22-11-7-8-12-23(22)34-30)15-19(16-25(29)35)20-17-27(37-3)32(39-5)28(18-20)38-4/h7-13,17-19,30,33-34H,6,14-16H2,1-5H3. The van der Waals surface area contributed by atoms with Crippen LogP contribution in [0.25, 0.3) is 0 Å². The highest BCUT2D eigenvalue weighted by molar-refractivity contribution is 6.01. The van der Waals surface area contributed by atoms with Crippen LogP contribution in [0.3, 0.4) is 0 Å². The average molecular weight is 545 g/mol. The van der Waals surface area contributed by atoms with Gasteiger partial charge in [0.2, 0.25) is 5.75 Å². The molecule has 2 N–H and O–H groups in total. The first-order valence-electron chi connectivity index (χ1n) is 13.5. The molecule has 0 aromatic heterocycles. The number of Topliss-reactive ketones (excluding diaryl/α,β-unsaturated/α-hetero) is 1. The van der Waals surface area contributed by atoms with Gasteiger partial charge >= 0.3 is 0 Å². The van der Waals surface area contributed by atoms with Crippen molar-refractivity contribution in [2.75, 3.05) is 45.7 Å². The molecule has 0 amide bonds. The summed E-state index contributed by atoms with van der Waals surface area (Å²) in [7, 11) is 6.41. The van der Waals surface area contributed by atoms with E-state index in [2.05, 4.69) is 17.6 Å². The summed E-state index contributed by atoms with van der Waals surface area (Å²) < 4.78 is 28.6. The molecule has 0 saturated carbocycles. The largest absolute Gasteiger partial charge is 0.493 e. The summed E-state index contributed by atoms with van der Waals surface area (Å²) in [4.78, 5) is 14.1. The molecule has 1 heterocycles. The lowest BCUT2D eigenvalue weighted by Gasteiger charge is -2.31. The first-order chi connectivity index (χ1) is 19.5. The predicted octanol–water partition coefficient (Wildman–Crippen LogP) is 6.49. The SMILES string of the molecule is CCCOc1c(OC)cccc1C1Nc2ccccc2NC2=C1C(=O)CC(c1cc(OC)c(OC)c(OC)c1)C2. The molecule has 0 spiro atoms. The number of carbonyl (C=O) groups is 1. The molecule has 5 rings (SSSR count). The normalized spacial score (nSPS) is 18.0. The Morgan fingerprint density at radius 2 is 1.50 bits per heavy atom. The zero-order valence-electron chi connectivity index (χ0n) is 23.6. The molecule has 0 radical (unpaired) electrons. The number of methoxy groups -OCH3 is 4. The van der Waals surface area contributed by atoms with Crippen LogP contribution in [0, 0.1) is 0 Å². The highest BCUT2D eigenvalue weighted by atomic mass is 16.5. The van der Waals surface area contributed by atoms with Crippen LogP contribution in [0.1, 0.15) is 49.3 Å². The van der Waals surface area contributed by atoms with Crippen LogP contribution in [-0.4, -0.2) is 40.8 Å². The summed E-state index contributed by atoms with van der Waals surface area (Å²) in [6, 6.07) is 17.3. The minimum atomic E-state index is -0.429. The summed E-state index contributed by atoms with van der Waals surface area (Å²) >= 11 is 0. The van der Waals surface area contributed by atoms with E-state index in [1.54, 1.807) is 28.4 Å². The number of nitrogens with one attached hydrogen (secondary N) is 2. The van der Waals surface area contributed by atoms with Crippen LogP contribution >= 0.6 is 0 Å². The second-order valence-corrected chi connectivity index (χ2v) is 9.85. The van der Waals surface area contributed by atoms with Gasteiger partial charge in [0, 0.05) is 23.3 Å². The minimum Gasteiger partial charge on any atom is -0.493 e. The molecule has 210 valence electrons. The predicted molar refractivity (Wildman–Crippen MR) is 155 cm³/mol. The van der Waals surface area contributed by atoms with Crippen molar-refractivity contribution in [1.82, 2.24) is 0 Å². The molecule has 40 heavy (non-hydrogen) atoms. The molecule has 3 aromatic rings. The van der Waals surface area contributed by atoms with Gasteiger partial charge in [-0.2, -0.15) is 0 Å². The van der Waals surface area contributed by atoms with E-state index in [1.807, 2.05) is 54.6 Å². The molecule has 2 atom stereocenters. The molecule has 2 aliphatic rings. The number of anilines is 2. The van der Waals surface area contributed by atoms with Crippen LogP contribution in [0.4, 0.5) is 11.4 Å². The van der Waals surface area contributed by atoms with Gasteiger partial charge in [-0.1, -0.05) is 31.2 Å². The number of ketones is 1. The summed E-state index contributed by atoms with van der Waals surface area (Å²) in [5, 5.41) is 7.25. The van der Waals surface area contributed by atoms with Gasteiger partial charge in [-0.25, -0.2) is 0 Å². The third-order valence-electron chi connectivity index (χ3n) is 7.46. The fourth-order valence-corrected chi connectivity index (χ4v) is 5.58. The van der Waals surface area contributed by atoms with Gasteiger partial charge in [0.1, 0.15) is 0 Å². The molecule has 2 unspecified atom stereocenters. The second-order valence-electron chi connectivity index (χ2n) is 9.85. The Balaban J connectivity index is 1.63. The molecule has 0 saturated heterocycles. The van der Waals surface area contributed by atoms with E-state index in [-0.39, 0.29) is 11.7 Å². The molecular weight excluding hydrogens is 508 g/mol. The van der Waals surface area contributed by atoms with Crippen molar-refractivity contribution >= 4 is 17.2 Å². The van der Waals surface area contributed by atoms with E-state index in [4.69, 9.17) is 23.7 Å². The topological polar surface area (TPSA) is 87.3 Å². The van der Waals surface area contributed by atoms with Crippen molar-refractivity contribution in [2.24, 2.45) is 0 Å². The van der Waals surface area contributed by atoms with Crippen molar-refractivity contribution in [3.05, 3.63) is 77.0 Å². The van der Waals surface area contributed by atoms with Crippen molar-refractivity contribution < 1.29 is 28.5 Å². The van der Waals surface area contributed by atoms with Crippen molar-refractivity contribution in [3.63, 3.8) is 0 Å². The van der Waals surface area contributed by atoms with E-state index in [0.29, 0.717) is 53.8 Å². The number of fused-ring (bicyclic) bond motifs is 1. The zero-order valence-corrected chi connectivity index (χ0v) is 23.6. The Morgan fingerprint density at radius 1 is 0.800 bits per heavy atom. The van der Waals surface area contributed by atoms with E-state index >= 15 is 0 Å². The highest BCUT2D eigenvalue weighted by Crippen LogP contribution is 2.49. The summed E-state index contributed by atoms with van der Waals surface area (Å²) in [5.74, 6) is 2.92. The third kappa shape index (κ3) is 5.01. The molecule has 3 aromatic carbocycles. The maximum atomic E-state index is 14.1. The number of allylic oxidation sites excluding steroid dienone is 1. The van der Waals surface area contributed by atoms with E-state index in [0.717, 1.165) is 34.6 Å². The van der Waals surface area contributed by atoms with Crippen molar-refractivity contribution in [3.8, 4) is 28.7 Å². The molecule has 8 heteroatoms. The van der Waals surface area contributed by atoms with Gasteiger partial charge in [0.25, 0.3) is 0 Å². The third-order valence-corrected chi connectivity index (χ3v) is 7.46. The van der Waals surface area contributed by atoms with Gasteiger partial charge in [-0.05, 0) is 54.7 Å². The van der Waals surface area contributed by atoms with Crippen LogP contribution in [0.15, 0.2) is 65.9 Å². The Kier molecular flexibility index (Phi) is 8.05. The Bertz CT molecular complexity index is 1410. The fraction of sp³-hybridized carbons (Fsp3) is 0.344. The minimum absolute atomic E-state index is 0.0575. The van der Waals surface area contributed by atoms with Gasteiger partial charge in [-0.15, -0.1) is 0 Å². The zero-order chi connectivity index (χ0) is 28.2. The number of hydrogen-bond donors (Lipinski definition) is 2. The first kappa shape index (κ1) is 27.2. The maximum Gasteiger partial charge on any atom is 0.203 e. The number of hydrogen-bond acceptors (Lipinski definition) is 8. The average Bonchev–Trinajstić information content (AvgIpc) is 3.15. The van der Waals surface area contributed by atoms with Crippen LogP contribution < -0.4 is 34.3 Å². The second kappa shape index (κ2) is 11.8. The number of benzene rings is 3.